The second-order valence-corrected chi connectivity index (χ2v) is 2.76. The lowest BCUT2D eigenvalue weighted by atomic mass is 10.3. The Bertz CT molecular complexity index is 275. The molecule has 76 valence electrons. The van der Waals surface area contributed by atoms with Gasteiger partial charge >= 0.3 is 5.97 Å². The Morgan fingerprint density at radius 1 is 1.50 bits per heavy atom. The number of hydrogen-bond donors (Lipinski definition) is 1. The van der Waals surface area contributed by atoms with E-state index in [2.05, 4.69) is 10.3 Å². The lowest BCUT2D eigenvalue weighted by molar-refractivity contribution is -0.142. The molecule has 4 nitrogen and oxygen atoms in total. The molecule has 0 spiro atoms. The van der Waals surface area contributed by atoms with Crippen molar-refractivity contribution in [2.24, 2.45) is 0 Å². The summed E-state index contributed by atoms with van der Waals surface area (Å²) in [5, 5.41) is 2.98. The molecule has 1 rings (SSSR count). The van der Waals surface area contributed by atoms with E-state index in [-0.39, 0.29) is 12.5 Å². The maximum Gasteiger partial charge on any atom is 0.319 e. The van der Waals surface area contributed by atoms with Gasteiger partial charge in [0.05, 0.1) is 13.2 Å². The van der Waals surface area contributed by atoms with Crippen LogP contribution in [0.5, 0.6) is 0 Å². The molecule has 4 heteroatoms. The molecule has 1 aromatic rings. The fraction of sp³-hybridized carbons (Fsp3) is 0.400. The molecule has 0 aliphatic rings. The Balaban J connectivity index is 2.19. The highest BCUT2D eigenvalue weighted by Crippen LogP contribution is 1.94. The third kappa shape index (κ3) is 4.00. The van der Waals surface area contributed by atoms with Crippen molar-refractivity contribution in [3.63, 3.8) is 0 Å². The van der Waals surface area contributed by atoms with E-state index < -0.39 is 0 Å². The van der Waals surface area contributed by atoms with Crippen LogP contribution in [-0.4, -0.2) is 24.1 Å². The Labute approximate surface area is 83.3 Å². The number of rotatable bonds is 5. The lowest BCUT2D eigenvalue weighted by Gasteiger charge is -2.03. The molecule has 0 aliphatic heterocycles. The van der Waals surface area contributed by atoms with Gasteiger partial charge in [-0.15, -0.1) is 0 Å². The first-order chi connectivity index (χ1) is 6.83. The fourth-order valence-corrected chi connectivity index (χ4v) is 1.02. The first-order valence-electron chi connectivity index (χ1n) is 4.58. The molecule has 1 N–H and O–H groups in total. The number of nitrogens with one attached hydrogen (secondary N) is 1. The molecular weight excluding hydrogens is 180 g/mol. The summed E-state index contributed by atoms with van der Waals surface area (Å²) in [5.74, 6) is -0.221. The van der Waals surface area contributed by atoms with E-state index in [1.165, 1.54) is 0 Å². The predicted molar refractivity (Wildman–Crippen MR) is 52.6 cm³/mol. The summed E-state index contributed by atoms with van der Waals surface area (Å²) in [5.41, 5.74) is 1.10. The minimum absolute atomic E-state index is 0.221. The average Bonchev–Trinajstić information content (AvgIpc) is 2.20. The van der Waals surface area contributed by atoms with E-state index in [0.29, 0.717) is 13.2 Å². The molecule has 1 aromatic heterocycles. The van der Waals surface area contributed by atoms with Gasteiger partial charge in [0.2, 0.25) is 0 Å². The summed E-state index contributed by atoms with van der Waals surface area (Å²) in [6.07, 6.45) is 3.45. The normalized spacial score (nSPS) is 9.79. The summed E-state index contributed by atoms with van der Waals surface area (Å²) in [4.78, 5) is 14.8. The average molecular weight is 194 g/mol. The second kappa shape index (κ2) is 6.10. The van der Waals surface area contributed by atoms with E-state index in [9.17, 15) is 4.79 Å². The van der Waals surface area contributed by atoms with E-state index in [0.717, 1.165) is 5.56 Å². The highest BCUT2D eigenvalue weighted by molar-refractivity contribution is 5.71. The van der Waals surface area contributed by atoms with Crippen LogP contribution in [0.3, 0.4) is 0 Å². The van der Waals surface area contributed by atoms with Crippen molar-refractivity contribution in [2.45, 2.75) is 13.5 Å². The number of carbonyl (C=O) groups is 1. The van der Waals surface area contributed by atoms with E-state index in [4.69, 9.17) is 4.74 Å². The maximum atomic E-state index is 10.9. The van der Waals surface area contributed by atoms with Crippen LogP contribution >= 0.6 is 0 Å². The van der Waals surface area contributed by atoms with Gasteiger partial charge in [0.1, 0.15) is 0 Å². The van der Waals surface area contributed by atoms with E-state index >= 15 is 0 Å². The second-order valence-electron chi connectivity index (χ2n) is 2.76. The largest absolute Gasteiger partial charge is 0.465 e. The van der Waals surface area contributed by atoms with Crippen LogP contribution in [0.15, 0.2) is 24.5 Å². The van der Waals surface area contributed by atoms with Gasteiger partial charge in [-0.1, -0.05) is 0 Å². The quantitative estimate of drug-likeness (QED) is 0.702. The number of pyridine rings is 1. The van der Waals surface area contributed by atoms with Crippen LogP contribution < -0.4 is 5.32 Å². The number of ether oxygens (including phenoxy) is 1. The van der Waals surface area contributed by atoms with Crippen molar-refractivity contribution in [3.8, 4) is 0 Å². The molecule has 0 atom stereocenters. The zero-order chi connectivity index (χ0) is 10.2. The van der Waals surface area contributed by atoms with Gasteiger partial charge in [0.25, 0.3) is 0 Å². The summed E-state index contributed by atoms with van der Waals surface area (Å²) in [7, 11) is 0. The van der Waals surface area contributed by atoms with Crippen molar-refractivity contribution in [2.75, 3.05) is 13.2 Å². The molecule has 0 amide bonds. The molecule has 0 saturated carbocycles. The SMILES string of the molecule is CCOC(=O)CNCc1ccncc1. The molecule has 0 radical (unpaired) electrons. The number of aromatic nitrogens is 1. The molecule has 0 bridgehead atoms. The zero-order valence-corrected chi connectivity index (χ0v) is 8.19. The Morgan fingerprint density at radius 2 is 2.21 bits per heavy atom. The topological polar surface area (TPSA) is 51.2 Å². The zero-order valence-electron chi connectivity index (χ0n) is 8.19. The van der Waals surface area contributed by atoms with Crippen LogP contribution in [-0.2, 0) is 16.1 Å². The van der Waals surface area contributed by atoms with Crippen LogP contribution in [0.25, 0.3) is 0 Å². The van der Waals surface area contributed by atoms with E-state index in [1.807, 2.05) is 12.1 Å². The minimum atomic E-state index is -0.221. The Hall–Kier alpha value is -1.42. The summed E-state index contributed by atoms with van der Waals surface area (Å²) in [6, 6.07) is 3.80. The van der Waals surface area contributed by atoms with Crippen LogP contribution in [0.2, 0.25) is 0 Å². The third-order valence-corrected chi connectivity index (χ3v) is 1.65. The monoisotopic (exact) mass is 194 g/mol. The van der Waals surface area contributed by atoms with Crippen molar-refractivity contribution in [1.82, 2.24) is 10.3 Å². The highest BCUT2D eigenvalue weighted by Gasteiger charge is 1.99. The van der Waals surface area contributed by atoms with Gasteiger partial charge in [-0.2, -0.15) is 0 Å². The minimum Gasteiger partial charge on any atom is -0.465 e. The smallest absolute Gasteiger partial charge is 0.319 e. The summed E-state index contributed by atoms with van der Waals surface area (Å²) >= 11 is 0. The van der Waals surface area contributed by atoms with Gasteiger partial charge in [-0.3, -0.25) is 9.78 Å². The van der Waals surface area contributed by atoms with Crippen molar-refractivity contribution < 1.29 is 9.53 Å². The highest BCUT2D eigenvalue weighted by atomic mass is 16.5. The van der Waals surface area contributed by atoms with Crippen molar-refractivity contribution in [1.29, 1.82) is 0 Å². The molecule has 0 unspecified atom stereocenters. The third-order valence-electron chi connectivity index (χ3n) is 1.65. The first kappa shape index (κ1) is 10.7. The summed E-state index contributed by atoms with van der Waals surface area (Å²) in [6.45, 7) is 3.12. The molecule has 0 saturated heterocycles. The predicted octanol–water partition coefficient (Wildman–Crippen LogP) is 0.734. The number of esters is 1. The molecule has 0 aromatic carbocycles. The standard InChI is InChI=1S/C10H14N2O2/c1-2-14-10(13)8-12-7-9-3-5-11-6-4-9/h3-6,12H,2,7-8H2,1H3. The van der Waals surface area contributed by atoms with Gasteiger partial charge in [-0.05, 0) is 24.6 Å². The molecular formula is C10H14N2O2. The van der Waals surface area contributed by atoms with Gasteiger partial charge in [0, 0.05) is 18.9 Å². The summed E-state index contributed by atoms with van der Waals surface area (Å²) < 4.78 is 4.77. The van der Waals surface area contributed by atoms with Gasteiger partial charge in [-0.25, -0.2) is 0 Å². The van der Waals surface area contributed by atoms with Crippen LogP contribution in [0, 0.1) is 0 Å². The molecule has 14 heavy (non-hydrogen) atoms. The Kier molecular flexibility index (Phi) is 4.64. The number of nitrogens with zero attached hydrogens (tertiary/aromatic N) is 1. The molecule has 0 fully saturated rings. The van der Waals surface area contributed by atoms with Gasteiger partial charge < -0.3 is 10.1 Å². The van der Waals surface area contributed by atoms with Crippen molar-refractivity contribution >= 4 is 5.97 Å². The number of carbonyl (C=O) groups excluding carboxylic acids is 1. The first-order valence-corrected chi connectivity index (χ1v) is 4.58. The Morgan fingerprint density at radius 3 is 2.86 bits per heavy atom. The molecule has 1 heterocycles. The van der Waals surface area contributed by atoms with Gasteiger partial charge in [0.15, 0.2) is 0 Å². The van der Waals surface area contributed by atoms with Crippen LogP contribution in [0.4, 0.5) is 0 Å². The van der Waals surface area contributed by atoms with Crippen LogP contribution in [0.1, 0.15) is 12.5 Å². The molecule has 0 aliphatic carbocycles. The number of hydrogen-bond acceptors (Lipinski definition) is 4. The van der Waals surface area contributed by atoms with Crippen molar-refractivity contribution in [3.05, 3.63) is 30.1 Å². The van der Waals surface area contributed by atoms with E-state index in [1.54, 1.807) is 19.3 Å². The fourth-order valence-electron chi connectivity index (χ4n) is 1.02. The maximum absolute atomic E-state index is 10.9. The lowest BCUT2D eigenvalue weighted by Crippen LogP contribution is -2.24.